The first-order chi connectivity index (χ1) is 10.9. The molecule has 23 heavy (non-hydrogen) atoms. The third-order valence-electron chi connectivity index (χ3n) is 3.28. The van der Waals surface area contributed by atoms with E-state index in [1.54, 1.807) is 25.1 Å². The van der Waals surface area contributed by atoms with E-state index in [0.717, 1.165) is 0 Å². The summed E-state index contributed by atoms with van der Waals surface area (Å²) in [6, 6.07) is 7.58. The van der Waals surface area contributed by atoms with Crippen LogP contribution in [0.2, 0.25) is 0 Å². The fourth-order valence-electron chi connectivity index (χ4n) is 1.96. The van der Waals surface area contributed by atoms with Gasteiger partial charge in [-0.05, 0) is 18.6 Å². The van der Waals surface area contributed by atoms with Crippen LogP contribution >= 0.6 is 0 Å². The van der Waals surface area contributed by atoms with Crippen LogP contribution in [0.1, 0.15) is 30.1 Å². The van der Waals surface area contributed by atoms with Gasteiger partial charge in [0.1, 0.15) is 18.2 Å². The van der Waals surface area contributed by atoms with Crippen LogP contribution in [-0.4, -0.2) is 29.8 Å². The lowest BCUT2D eigenvalue weighted by Crippen LogP contribution is -2.18. The highest BCUT2D eigenvalue weighted by molar-refractivity contribution is 6.13. The average molecular weight is 315 g/mol. The second-order valence-electron chi connectivity index (χ2n) is 4.77. The largest absolute Gasteiger partial charge is 0.507 e. The van der Waals surface area contributed by atoms with Crippen molar-refractivity contribution in [2.75, 3.05) is 7.11 Å². The number of methoxy groups -OCH3 is 1. The van der Waals surface area contributed by atoms with Gasteiger partial charge in [0.25, 0.3) is 0 Å². The molecule has 1 atom stereocenters. The molecule has 0 aliphatic rings. The van der Waals surface area contributed by atoms with Crippen LogP contribution < -0.4 is 0 Å². The summed E-state index contributed by atoms with van der Waals surface area (Å²) in [6.07, 6.45) is 1.14. The van der Waals surface area contributed by atoms with Crippen LogP contribution in [0.3, 0.4) is 0 Å². The highest BCUT2D eigenvalue weighted by atomic mass is 16.5. The molecule has 0 aliphatic heterocycles. The Morgan fingerprint density at radius 2 is 2.00 bits per heavy atom. The van der Waals surface area contributed by atoms with E-state index in [9.17, 15) is 24.8 Å². The number of carbonyl (C=O) groups is 3. The molecule has 0 fully saturated rings. The van der Waals surface area contributed by atoms with E-state index in [-0.39, 0.29) is 16.9 Å². The van der Waals surface area contributed by atoms with Crippen LogP contribution in [0.15, 0.2) is 35.9 Å². The zero-order valence-electron chi connectivity index (χ0n) is 12.9. The number of Topliss-reactive ketones (excluding diaryl/α,β-unsaturated/α-hetero) is 2. The minimum atomic E-state index is -0.751. The summed E-state index contributed by atoms with van der Waals surface area (Å²) in [5, 5.41) is 18.9. The number of allylic oxidation sites excluding steroid dienone is 2. The number of ether oxygens (including phenoxy) is 1. The zero-order valence-corrected chi connectivity index (χ0v) is 12.9. The van der Waals surface area contributed by atoms with Gasteiger partial charge in [-0.25, -0.2) is 0 Å². The summed E-state index contributed by atoms with van der Waals surface area (Å²) in [5.74, 6) is -2.77. The van der Waals surface area contributed by atoms with Crippen LogP contribution in [0, 0.1) is 17.2 Å². The highest BCUT2D eigenvalue weighted by Crippen LogP contribution is 2.21. The van der Waals surface area contributed by atoms with Crippen molar-refractivity contribution in [1.29, 1.82) is 5.26 Å². The number of para-hydroxylation sites is 1. The van der Waals surface area contributed by atoms with Gasteiger partial charge in [-0.1, -0.05) is 25.1 Å². The Morgan fingerprint density at radius 3 is 2.52 bits per heavy atom. The molecule has 0 spiro atoms. The molecule has 0 radical (unpaired) electrons. The SMILES string of the molecule is CCC(/C=C(\C#N)C(=O)c1ccccc1O)C(=O)CC(=O)OC. The standard InChI is InChI=1S/C17H17NO5/c1-3-11(15(20)9-16(21)23-2)8-12(10-18)17(22)13-6-4-5-7-14(13)19/h4-8,11,19H,3,9H2,1-2H3/b12-8+. The molecular formula is C17H17NO5. The van der Waals surface area contributed by atoms with Gasteiger partial charge in [-0.3, -0.25) is 14.4 Å². The Bertz CT molecular complexity index is 684. The van der Waals surface area contributed by atoms with Crippen molar-refractivity contribution in [2.24, 2.45) is 5.92 Å². The summed E-state index contributed by atoms with van der Waals surface area (Å²) in [6.45, 7) is 1.70. The molecule has 120 valence electrons. The molecule has 1 unspecified atom stereocenters. The van der Waals surface area contributed by atoms with Crippen LogP contribution in [-0.2, 0) is 14.3 Å². The molecule has 0 bridgehead atoms. The first-order valence-electron chi connectivity index (χ1n) is 6.98. The van der Waals surface area contributed by atoms with E-state index in [4.69, 9.17) is 0 Å². The molecule has 0 amide bonds. The zero-order chi connectivity index (χ0) is 17.4. The van der Waals surface area contributed by atoms with Gasteiger partial charge in [0.2, 0.25) is 5.78 Å². The molecule has 6 heteroatoms. The van der Waals surface area contributed by atoms with E-state index in [0.29, 0.717) is 6.42 Å². The summed E-state index contributed by atoms with van der Waals surface area (Å²) in [5.41, 5.74) is -0.271. The van der Waals surface area contributed by atoms with Crippen LogP contribution in [0.5, 0.6) is 5.75 Å². The second kappa shape index (κ2) is 8.49. The Labute approximate surface area is 134 Å². The Morgan fingerprint density at radius 1 is 1.35 bits per heavy atom. The molecule has 0 aromatic heterocycles. The number of hydrogen-bond acceptors (Lipinski definition) is 6. The van der Waals surface area contributed by atoms with Gasteiger partial charge in [-0.15, -0.1) is 0 Å². The number of benzene rings is 1. The van der Waals surface area contributed by atoms with E-state index in [1.165, 1.54) is 25.3 Å². The van der Waals surface area contributed by atoms with Crippen molar-refractivity contribution in [3.05, 3.63) is 41.5 Å². The molecule has 0 saturated carbocycles. The molecule has 1 N–H and O–H groups in total. The van der Waals surface area contributed by atoms with Crippen molar-refractivity contribution >= 4 is 17.5 Å². The molecule has 0 heterocycles. The van der Waals surface area contributed by atoms with Crippen molar-refractivity contribution in [2.45, 2.75) is 19.8 Å². The fourth-order valence-corrected chi connectivity index (χ4v) is 1.96. The second-order valence-corrected chi connectivity index (χ2v) is 4.77. The number of aromatic hydroxyl groups is 1. The topological polar surface area (TPSA) is 104 Å². The summed E-state index contributed by atoms with van der Waals surface area (Å²) in [7, 11) is 1.18. The van der Waals surface area contributed by atoms with Gasteiger partial charge in [-0.2, -0.15) is 5.26 Å². The van der Waals surface area contributed by atoms with E-state index in [2.05, 4.69) is 4.74 Å². The summed E-state index contributed by atoms with van der Waals surface area (Å²) >= 11 is 0. The Kier molecular flexibility index (Phi) is 6.68. The Balaban J connectivity index is 3.07. The minimum absolute atomic E-state index is 0.0180. The van der Waals surface area contributed by atoms with Gasteiger partial charge in [0.05, 0.1) is 18.2 Å². The van der Waals surface area contributed by atoms with Crippen molar-refractivity contribution in [3.8, 4) is 11.8 Å². The van der Waals surface area contributed by atoms with Gasteiger partial charge in [0.15, 0.2) is 5.78 Å². The molecular weight excluding hydrogens is 298 g/mol. The molecule has 0 saturated heterocycles. The number of esters is 1. The van der Waals surface area contributed by atoms with E-state index < -0.39 is 29.9 Å². The quantitative estimate of drug-likeness (QED) is 0.272. The fraction of sp³-hybridized carbons (Fsp3) is 0.294. The molecule has 1 aromatic carbocycles. The number of phenols is 1. The number of phenolic OH excluding ortho intramolecular Hbond substituents is 1. The van der Waals surface area contributed by atoms with Crippen molar-refractivity contribution < 1.29 is 24.2 Å². The van der Waals surface area contributed by atoms with E-state index in [1.807, 2.05) is 0 Å². The lowest BCUT2D eigenvalue weighted by molar-refractivity contribution is -0.143. The monoisotopic (exact) mass is 315 g/mol. The maximum Gasteiger partial charge on any atom is 0.313 e. The lowest BCUT2D eigenvalue weighted by atomic mass is 9.93. The number of nitrogens with zero attached hydrogens (tertiary/aromatic N) is 1. The molecule has 6 nitrogen and oxygen atoms in total. The van der Waals surface area contributed by atoms with Crippen molar-refractivity contribution in [1.82, 2.24) is 0 Å². The summed E-state index contributed by atoms with van der Waals surface area (Å²) in [4.78, 5) is 35.5. The van der Waals surface area contributed by atoms with E-state index >= 15 is 0 Å². The highest BCUT2D eigenvalue weighted by Gasteiger charge is 2.22. The number of ketones is 2. The van der Waals surface area contributed by atoms with Crippen LogP contribution in [0.4, 0.5) is 0 Å². The third-order valence-corrected chi connectivity index (χ3v) is 3.28. The number of hydrogen-bond donors (Lipinski definition) is 1. The smallest absolute Gasteiger partial charge is 0.313 e. The molecule has 1 rings (SSSR count). The number of nitriles is 1. The maximum atomic E-state index is 12.3. The number of carbonyl (C=O) groups excluding carboxylic acids is 3. The third kappa shape index (κ3) is 4.78. The first-order valence-corrected chi connectivity index (χ1v) is 6.98. The van der Waals surface area contributed by atoms with Gasteiger partial charge < -0.3 is 9.84 Å². The van der Waals surface area contributed by atoms with Gasteiger partial charge in [0, 0.05) is 5.92 Å². The summed E-state index contributed by atoms with van der Waals surface area (Å²) < 4.78 is 4.43. The Hall–Kier alpha value is -2.94. The maximum absolute atomic E-state index is 12.3. The first kappa shape index (κ1) is 18.1. The predicted octanol–water partition coefficient (Wildman–Crippen LogP) is 2.18. The average Bonchev–Trinajstić information content (AvgIpc) is 2.55. The van der Waals surface area contributed by atoms with Crippen LogP contribution in [0.25, 0.3) is 0 Å². The minimum Gasteiger partial charge on any atom is -0.507 e. The molecule has 1 aromatic rings. The normalized spacial score (nSPS) is 12.1. The lowest BCUT2D eigenvalue weighted by Gasteiger charge is -2.09. The number of rotatable bonds is 7. The van der Waals surface area contributed by atoms with Crippen molar-refractivity contribution in [3.63, 3.8) is 0 Å². The molecule has 0 aliphatic carbocycles. The predicted molar refractivity (Wildman–Crippen MR) is 81.6 cm³/mol. The van der Waals surface area contributed by atoms with Gasteiger partial charge >= 0.3 is 5.97 Å².